The van der Waals surface area contributed by atoms with Gasteiger partial charge in [-0.1, -0.05) is 11.6 Å². The summed E-state index contributed by atoms with van der Waals surface area (Å²) in [5.41, 5.74) is 3.35. The molecular formula is C13H13ClN2OS. The molecule has 3 heterocycles. The molecule has 0 atom stereocenters. The van der Waals surface area contributed by atoms with E-state index in [1.54, 1.807) is 11.3 Å². The number of hydrogen-bond donors (Lipinski definition) is 1. The molecule has 0 saturated heterocycles. The molecule has 94 valence electrons. The van der Waals surface area contributed by atoms with E-state index < -0.39 is 0 Å². The summed E-state index contributed by atoms with van der Waals surface area (Å²) in [7, 11) is 0. The van der Waals surface area contributed by atoms with Gasteiger partial charge in [0.15, 0.2) is 0 Å². The molecule has 0 saturated carbocycles. The molecule has 1 aliphatic heterocycles. The number of ether oxygens (including phenoxy) is 1. The van der Waals surface area contributed by atoms with Crippen LogP contribution in [0.5, 0.6) is 0 Å². The van der Waals surface area contributed by atoms with Crippen LogP contribution >= 0.6 is 22.9 Å². The van der Waals surface area contributed by atoms with Crippen molar-refractivity contribution in [1.82, 2.24) is 4.98 Å². The highest BCUT2D eigenvalue weighted by Gasteiger charge is 2.11. The zero-order valence-electron chi connectivity index (χ0n) is 9.78. The largest absolute Gasteiger partial charge is 0.379 e. The number of aromatic nitrogens is 1. The topological polar surface area (TPSA) is 34.2 Å². The summed E-state index contributed by atoms with van der Waals surface area (Å²) in [6.07, 6.45) is 2.79. The normalized spacial score (nSPS) is 14.3. The second kappa shape index (κ2) is 5.26. The number of nitrogens with zero attached hydrogens (tertiary/aromatic N) is 1. The molecule has 3 nitrogen and oxygen atoms in total. The van der Waals surface area contributed by atoms with Gasteiger partial charge in [0.25, 0.3) is 0 Å². The second-order valence-electron chi connectivity index (χ2n) is 4.18. The van der Waals surface area contributed by atoms with Crippen molar-refractivity contribution in [2.75, 3.05) is 11.9 Å². The Bertz CT molecular complexity index is 556. The molecule has 0 spiro atoms. The fourth-order valence-corrected chi connectivity index (χ4v) is 3.01. The quantitative estimate of drug-likeness (QED) is 0.935. The van der Waals surface area contributed by atoms with E-state index in [0.29, 0.717) is 6.61 Å². The molecule has 5 heteroatoms. The van der Waals surface area contributed by atoms with Gasteiger partial charge in [-0.05, 0) is 17.5 Å². The Hall–Kier alpha value is -1.10. The lowest BCUT2D eigenvalue weighted by atomic mass is 10.1. The molecule has 0 fully saturated rings. The molecule has 2 aromatic rings. The van der Waals surface area contributed by atoms with Crippen LogP contribution in [0.4, 0.5) is 5.69 Å². The van der Waals surface area contributed by atoms with E-state index in [4.69, 9.17) is 16.3 Å². The molecule has 0 bridgehead atoms. The molecule has 3 rings (SSSR count). The predicted molar refractivity (Wildman–Crippen MR) is 74.3 cm³/mol. The molecule has 18 heavy (non-hydrogen) atoms. The summed E-state index contributed by atoms with van der Waals surface area (Å²) in [5, 5.41) is 6.17. The first-order chi connectivity index (χ1) is 8.83. The number of rotatable bonds is 3. The van der Waals surface area contributed by atoms with Crippen molar-refractivity contribution in [3.8, 4) is 0 Å². The Labute approximate surface area is 115 Å². The van der Waals surface area contributed by atoms with Crippen LogP contribution in [-0.4, -0.2) is 11.6 Å². The Morgan fingerprint density at radius 3 is 3.28 bits per heavy atom. The van der Waals surface area contributed by atoms with Crippen molar-refractivity contribution in [3.05, 3.63) is 44.9 Å². The first-order valence-corrected chi connectivity index (χ1v) is 7.10. The molecular weight excluding hydrogens is 268 g/mol. The zero-order chi connectivity index (χ0) is 12.4. The van der Waals surface area contributed by atoms with E-state index in [0.717, 1.165) is 40.9 Å². The van der Waals surface area contributed by atoms with Gasteiger partial charge in [-0.2, -0.15) is 0 Å². The maximum absolute atomic E-state index is 6.06. The number of nitrogens with one attached hydrogen (secondary N) is 1. The average Bonchev–Trinajstić information content (AvgIpc) is 2.82. The van der Waals surface area contributed by atoms with Gasteiger partial charge in [-0.25, -0.2) is 0 Å². The van der Waals surface area contributed by atoms with Crippen molar-refractivity contribution in [2.24, 2.45) is 0 Å². The summed E-state index contributed by atoms with van der Waals surface area (Å²) < 4.78 is 5.43. The van der Waals surface area contributed by atoms with Gasteiger partial charge in [0.2, 0.25) is 0 Å². The molecule has 1 N–H and O–H groups in total. The SMILES string of the molecule is Clc1ccsc1CNc1cnc2c(c1)COCC2. The highest BCUT2D eigenvalue weighted by Crippen LogP contribution is 2.24. The van der Waals surface area contributed by atoms with Gasteiger partial charge < -0.3 is 10.1 Å². The summed E-state index contributed by atoms with van der Waals surface area (Å²) in [6.45, 7) is 2.17. The van der Waals surface area contributed by atoms with Crippen molar-refractivity contribution in [1.29, 1.82) is 0 Å². The fourth-order valence-electron chi connectivity index (χ4n) is 1.97. The van der Waals surface area contributed by atoms with Crippen LogP contribution in [0.1, 0.15) is 16.1 Å². The molecule has 2 aromatic heterocycles. The van der Waals surface area contributed by atoms with E-state index in [1.165, 1.54) is 5.56 Å². The van der Waals surface area contributed by atoms with E-state index >= 15 is 0 Å². The maximum atomic E-state index is 6.06. The molecule has 0 aliphatic carbocycles. The van der Waals surface area contributed by atoms with Crippen LogP contribution in [0.2, 0.25) is 5.02 Å². The van der Waals surface area contributed by atoms with Crippen LogP contribution in [0, 0.1) is 0 Å². The third-order valence-corrected chi connectivity index (χ3v) is 4.33. The van der Waals surface area contributed by atoms with Gasteiger partial charge in [-0.15, -0.1) is 11.3 Å². The minimum Gasteiger partial charge on any atom is -0.379 e. The number of anilines is 1. The van der Waals surface area contributed by atoms with Crippen LogP contribution in [0.25, 0.3) is 0 Å². The Morgan fingerprint density at radius 2 is 2.44 bits per heavy atom. The van der Waals surface area contributed by atoms with Gasteiger partial charge in [-0.3, -0.25) is 4.98 Å². The lowest BCUT2D eigenvalue weighted by molar-refractivity contribution is 0.109. The number of hydrogen-bond acceptors (Lipinski definition) is 4. The van der Waals surface area contributed by atoms with Gasteiger partial charge in [0, 0.05) is 22.6 Å². The standard InChI is InChI=1S/C13H13ClN2OS/c14-11-2-4-18-13(11)7-15-10-5-9-8-17-3-1-12(9)16-6-10/h2,4-6,15H,1,3,7-8H2. The van der Waals surface area contributed by atoms with Crippen LogP contribution in [0.3, 0.4) is 0 Å². The molecule has 0 unspecified atom stereocenters. The third kappa shape index (κ3) is 2.51. The van der Waals surface area contributed by atoms with E-state index in [1.807, 2.05) is 17.6 Å². The number of thiophene rings is 1. The van der Waals surface area contributed by atoms with Crippen molar-refractivity contribution >= 4 is 28.6 Å². The van der Waals surface area contributed by atoms with E-state index in [9.17, 15) is 0 Å². The molecule has 0 amide bonds. The predicted octanol–water partition coefficient (Wildman–Crippen LogP) is 3.48. The Morgan fingerprint density at radius 1 is 1.50 bits per heavy atom. The van der Waals surface area contributed by atoms with Gasteiger partial charge in [0.05, 0.1) is 36.7 Å². The molecule has 0 radical (unpaired) electrons. The van der Waals surface area contributed by atoms with Crippen molar-refractivity contribution < 1.29 is 4.74 Å². The van der Waals surface area contributed by atoms with Gasteiger partial charge >= 0.3 is 0 Å². The van der Waals surface area contributed by atoms with Crippen LogP contribution < -0.4 is 5.32 Å². The molecule has 1 aliphatic rings. The Kier molecular flexibility index (Phi) is 3.50. The highest BCUT2D eigenvalue weighted by atomic mass is 35.5. The van der Waals surface area contributed by atoms with Gasteiger partial charge in [0.1, 0.15) is 0 Å². The lowest BCUT2D eigenvalue weighted by Gasteiger charge is -2.16. The minimum atomic E-state index is 0.664. The monoisotopic (exact) mass is 280 g/mol. The Balaban J connectivity index is 1.71. The smallest absolute Gasteiger partial charge is 0.0735 e. The fraction of sp³-hybridized carbons (Fsp3) is 0.308. The molecule has 0 aromatic carbocycles. The van der Waals surface area contributed by atoms with Crippen molar-refractivity contribution in [3.63, 3.8) is 0 Å². The number of fused-ring (bicyclic) bond motifs is 1. The van der Waals surface area contributed by atoms with Crippen molar-refractivity contribution in [2.45, 2.75) is 19.6 Å². The summed E-state index contributed by atoms with van der Waals surface area (Å²) in [4.78, 5) is 5.61. The number of halogens is 1. The lowest BCUT2D eigenvalue weighted by Crippen LogP contribution is -2.12. The third-order valence-electron chi connectivity index (χ3n) is 2.94. The van der Waals surface area contributed by atoms with Crippen LogP contribution in [0.15, 0.2) is 23.7 Å². The zero-order valence-corrected chi connectivity index (χ0v) is 11.4. The average molecular weight is 281 g/mol. The maximum Gasteiger partial charge on any atom is 0.0735 e. The first kappa shape index (κ1) is 12.0. The highest BCUT2D eigenvalue weighted by molar-refractivity contribution is 7.10. The first-order valence-electron chi connectivity index (χ1n) is 5.84. The van der Waals surface area contributed by atoms with E-state index in [-0.39, 0.29) is 0 Å². The van der Waals surface area contributed by atoms with Crippen LogP contribution in [-0.2, 0) is 24.3 Å². The van der Waals surface area contributed by atoms with E-state index in [2.05, 4.69) is 16.4 Å². The number of pyridine rings is 1. The summed E-state index contributed by atoms with van der Waals surface area (Å²) in [6, 6.07) is 4.03. The summed E-state index contributed by atoms with van der Waals surface area (Å²) in [5.74, 6) is 0. The minimum absolute atomic E-state index is 0.664. The summed E-state index contributed by atoms with van der Waals surface area (Å²) >= 11 is 7.71. The second-order valence-corrected chi connectivity index (χ2v) is 5.59.